The van der Waals surface area contributed by atoms with Crippen molar-refractivity contribution in [3.63, 3.8) is 0 Å². The fourth-order valence-corrected chi connectivity index (χ4v) is 1.86. The van der Waals surface area contributed by atoms with Gasteiger partial charge < -0.3 is 0 Å². The Balaban J connectivity index is 2.36. The minimum atomic E-state index is -0.0949. The molecule has 2 heterocycles. The molecular formula is C7H10N6S. The van der Waals surface area contributed by atoms with Crippen molar-refractivity contribution in [1.29, 1.82) is 0 Å². The molecule has 14 heavy (non-hydrogen) atoms. The molecule has 2 aromatic heterocycles. The van der Waals surface area contributed by atoms with E-state index in [-0.39, 0.29) is 6.04 Å². The molecule has 0 aliphatic heterocycles. The maximum Gasteiger partial charge on any atom is 0.100 e. The van der Waals surface area contributed by atoms with Gasteiger partial charge in [-0.25, -0.2) is 5.43 Å². The lowest BCUT2D eigenvalue weighted by Gasteiger charge is -2.12. The van der Waals surface area contributed by atoms with E-state index in [0.29, 0.717) is 0 Å². The van der Waals surface area contributed by atoms with E-state index in [1.165, 1.54) is 11.5 Å². The Bertz CT molecular complexity index is 394. The van der Waals surface area contributed by atoms with Crippen LogP contribution in [0.15, 0.2) is 18.5 Å². The molecule has 1 unspecified atom stereocenters. The highest BCUT2D eigenvalue weighted by Crippen LogP contribution is 2.21. The van der Waals surface area contributed by atoms with E-state index in [1.807, 2.05) is 13.1 Å². The molecule has 74 valence electrons. The van der Waals surface area contributed by atoms with Gasteiger partial charge in [-0.3, -0.25) is 10.5 Å². The Morgan fingerprint density at radius 2 is 2.50 bits per heavy atom. The monoisotopic (exact) mass is 210 g/mol. The summed E-state index contributed by atoms with van der Waals surface area (Å²) >= 11 is 1.32. The van der Waals surface area contributed by atoms with Crippen molar-refractivity contribution in [3.05, 3.63) is 29.0 Å². The van der Waals surface area contributed by atoms with Crippen molar-refractivity contribution in [3.8, 4) is 0 Å². The van der Waals surface area contributed by atoms with Gasteiger partial charge in [-0.2, -0.15) is 5.10 Å². The first-order chi connectivity index (χ1) is 6.83. The molecule has 2 rings (SSSR count). The Morgan fingerprint density at radius 3 is 3.00 bits per heavy atom. The van der Waals surface area contributed by atoms with E-state index in [0.717, 1.165) is 10.6 Å². The van der Waals surface area contributed by atoms with Crippen molar-refractivity contribution >= 4 is 11.5 Å². The minimum Gasteiger partial charge on any atom is -0.271 e. The fourth-order valence-electron chi connectivity index (χ4n) is 1.28. The minimum absolute atomic E-state index is 0.0949. The second-order valence-electron chi connectivity index (χ2n) is 2.80. The maximum absolute atomic E-state index is 5.48. The molecule has 6 nitrogen and oxygen atoms in total. The van der Waals surface area contributed by atoms with Crippen LogP contribution in [0.3, 0.4) is 0 Å². The van der Waals surface area contributed by atoms with Crippen LogP contribution in [0.2, 0.25) is 0 Å². The van der Waals surface area contributed by atoms with Gasteiger partial charge in [-0.15, -0.1) is 5.10 Å². The molecule has 0 fully saturated rings. The van der Waals surface area contributed by atoms with Crippen LogP contribution < -0.4 is 11.3 Å². The number of hydrogen-bond acceptors (Lipinski definition) is 6. The molecule has 0 radical (unpaired) electrons. The fraction of sp³-hybridized carbons (Fsp3) is 0.286. The third-order valence-corrected chi connectivity index (χ3v) is 2.71. The van der Waals surface area contributed by atoms with Gasteiger partial charge in [-0.1, -0.05) is 4.49 Å². The molecule has 0 aromatic carbocycles. The molecule has 0 amide bonds. The highest BCUT2D eigenvalue weighted by Gasteiger charge is 2.17. The normalized spacial score (nSPS) is 13.0. The van der Waals surface area contributed by atoms with E-state index in [4.69, 9.17) is 5.84 Å². The van der Waals surface area contributed by atoms with Gasteiger partial charge in [0.2, 0.25) is 0 Å². The van der Waals surface area contributed by atoms with E-state index in [1.54, 1.807) is 17.1 Å². The zero-order valence-electron chi connectivity index (χ0n) is 7.58. The first kappa shape index (κ1) is 9.25. The second-order valence-corrected chi connectivity index (χ2v) is 3.62. The SMILES string of the molecule is Cn1nccc1C(NN)c1cnns1. The summed E-state index contributed by atoms with van der Waals surface area (Å²) in [4.78, 5) is 0.969. The third kappa shape index (κ3) is 1.52. The number of aryl methyl sites for hydroxylation is 1. The number of hydrazine groups is 1. The lowest BCUT2D eigenvalue weighted by Crippen LogP contribution is -2.29. The highest BCUT2D eigenvalue weighted by molar-refractivity contribution is 7.05. The first-order valence-corrected chi connectivity index (χ1v) is 4.81. The summed E-state index contributed by atoms with van der Waals surface area (Å²) < 4.78 is 5.57. The summed E-state index contributed by atoms with van der Waals surface area (Å²) in [5, 5.41) is 7.85. The van der Waals surface area contributed by atoms with E-state index >= 15 is 0 Å². The topological polar surface area (TPSA) is 81.7 Å². The maximum atomic E-state index is 5.48. The Hall–Kier alpha value is -1.31. The predicted molar refractivity (Wildman–Crippen MR) is 52.3 cm³/mol. The van der Waals surface area contributed by atoms with E-state index in [2.05, 4.69) is 20.1 Å². The summed E-state index contributed by atoms with van der Waals surface area (Å²) in [6.07, 6.45) is 3.43. The number of rotatable bonds is 3. The number of nitrogens with one attached hydrogen (secondary N) is 1. The molecule has 1 atom stereocenters. The lowest BCUT2D eigenvalue weighted by atomic mass is 10.2. The Labute approximate surface area is 84.9 Å². The van der Waals surface area contributed by atoms with Crippen LogP contribution in [-0.2, 0) is 7.05 Å². The van der Waals surface area contributed by atoms with Crippen LogP contribution in [0.5, 0.6) is 0 Å². The summed E-state index contributed by atoms with van der Waals surface area (Å²) in [7, 11) is 1.87. The molecule has 0 spiro atoms. The first-order valence-electron chi connectivity index (χ1n) is 4.04. The van der Waals surface area contributed by atoms with Crippen molar-refractivity contribution < 1.29 is 0 Å². The third-order valence-electron chi connectivity index (χ3n) is 1.98. The van der Waals surface area contributed by atoms with E-state index in [9.17, 15) is 0 Å². The van der Waals surface area contributed by atoms with Crippen LogP contribution in [0.4, 0.5) is 0 Å². The number of nitrogens with two attached hydrogens (primary N) is 1. The summed E-state index contributed by atoms with van der Waals surface area (Å²) in [5.41, 5.74) is 3.70. The van der Waals surface area contributed by atoms with Gasteiger partial charge in [0.15, 0.2) is 0 Å². The van der Waals surface area contributed by atoms with Crippen LogP contribution >= 0.6 is 11.5 Å². The summed E-state index contributed by atoms with van der Waals surface area (Å²) in [6.45, 7) is 0. The zero-order chi connectivity index (χ0) is 9.97. The average molecular weight is 210 g/mol. The standard InChI is InChI=1S/C7H10N6S/c1-13-5(2-3-10-13)7(11-8)6-4-9-12-14-6/h2-4,7,11H,8H2,1H3. The quantitative estimate of drug-likeness (QED) is 0.542. The molecular weight excluding hydrogens is 200 g/mol. The zero-order valence-corrected chi connectivity index (χ0v) is 8.40. The van der Waals surface area contributed by atoms with Crippen molar-refractivity contribution in [1.82, 2.24) is 24.8 Å². The summed E-state index contributed by atoms with van der Waals surface area (Å²) in [5.74, 6) is 5.48. The van der Waals surface area contributed by atoms with Crippen LogP contribution in [-0.4, -0.2) is 19.4 Å². The molecule has 3 N–H and O–H groups in total. The second kappa shape index (κ2) is 3.82. The van der Waals surface area contributed by atoms with Gasteiger partial charge in [0, 0.05) is 13.2 Å². The smallest absolute Gasteiger partial charge is 0.100 e. The molecule has 2 aromatic rings. The Morgan fingerprint density at radius 1 is 1.64 bits per heavy atom. The lowest BCUT2D eigenvalue weighted by molar-refractivity contribution is 0.581. The summed E-state index contributed by atoms with van der Waals surface area (Å²) in [6, 6.07) is 1.81. The van der Waals surface area contributed by atoms with Crippen LogP contribution in [0.1, 0.15) is 16.6 Å². The molecule has 0 bridgehead atoms. The number of hydrogen-bond donors (Lipinski definition) is 2. The number of aromatic nitrogens is 4. The number of nitrogens with zero attached hydrogens (tertiary/aromatic N) is 4. The average Bonchev–Trinajstić information content (AvgIpc) is 2.80. The predicted octanol–water partition coefficient (Wildman–Crippen LogP) is -0.176. The molecule has 0 saturated carbocycles. The highest BCUT2D eigenvalue weighted by atomic mass is 32.1. The van der Waals surface area contributed by atoms with Gasteiger partial charge >= 0.3 is 0 Å². The molecule has 7 heteroatoms. The van der Waals surface area contributed by atoms with E-state index < -0.39 is 0 Å². The van der Waals surface area contributed by atoms with Crippen LogP contribution in [0, 0.1) is 0 Å². The van der Waals surface area contributed by atoms with Gasteiger partial charge in [0.25, 0.3) is 0 Å². The van der Waals surface area contributed by atoms with Crippen LogP contribution in [0.25, 0.3) is 0 Å². The van der Waals surface area contributed by atoms with Gasteiger partial charge in [-0.05, 0) is 17.6 Å². The van der Waals surface area contributed by atoms with Crippen molar-refractivity contribution in [2.24, 2.45) is 12.9 Å². The van der Waals surface area contributed by atoms with Crippen molar-refractivity contribution in [2.45, 2.75) is 6.04 Å². The molecule has 0 aliphatic carbocycles. The molecule has 0 saturated heterocycles. The van der Waals surface area contributed by atoms with Gasteiger partial charge in [0.1, 0.15) is 6.04 Å². The largest absolute Gasteiger partial charge is 0.271 e. The Kier molecular flexibility index (Phi) is 2.53. The van der Waals surface area contributed by atoms with Gasteiger partial charge in [0.05, 0.1) is 16.8 Å². The molecule has 0 aliphatic rings. The van der Waals surface area contributed by atoms with Crippen molar-refractivity contribution in [2.75, 3.05) is 0 Å².